The van der Waals surface area contributed by atoms with E-state index in [2.05, 4.69) is 17.4 Å². The van der Waals surface area contributed by atoms with Crippen LogP contribution in [0.4, 0.5) is 4.79 Å². The standard InChI is InChI=1S/C26H28N2O7/c29-23(28-12-10-26(33,11-13-28)24(30)31)22-21(9-14-34-22)27-25(32)35-15-20-18-7-3-1-5-16(18)17-6-2-4-8-19(17)20/h1-8,20-22,33H,9-15H2,(H,27,32)(H,30,31)/t21-,22+/m1/s1. The van der Waals surface area contributed by atoms with E-state index in [1.165, 1.54) is 4.90 Å². The molecule has 0 aromatic heterocycles. The maximum absolute atomic E-state index is 13.0. The number of nitrogens with one attached hydrogen (secondary N) is 1. The van der Waals surface area contributed by atoms with E-state index in [1.807, 2.05) is 36.4 Å². The first-order chi connectivity index (χ1) is 16.9. The third kappa shape index (κ3) is 4.37. The molecular weight excluding hydrogens is 452 g/mol. The lowest BCUT2D eigenvalue weighted by Crippen LogP contribution is -2.55. The Kier molecular flexibility index (Phi) is 6.21. The number of carbonyl (C=O) groups excluding carboxylic acids is 2. The molecule has 0 bridgehead atoms. The van der Waals surface area contributed by atoms with Gasteiger partial charge in [-0.1, -0.05) is 48.5 Å². The van der Waals surface area contributed by atoms with Crippen LogP contribution in [0.25, 0.3) is 11.1 Å². The first-order valence-electron chi connectivity index (χ1n) is 11.8. The van der Waals surface area contributed by atoms with Crippen molar-refractivity contribution in [3.63, 3.8) is 0 Å². The number of nitrogens with zero attached hydrogens (tertiary/aromatic N) is 1. The third-order valence-electron chi connectivity index (χ3n) is 7.28. The maximum Gasteiger partial charge on any atom is 0.407 e. The minimum atomic E-state index is -1.81. The van der Waals surface area contributed by atoms with Gasteiger partial charge in [-0.25, -0.2) is 9.59 Å². The molecule has 2 amide bonds. The number of carboxylic acid groups (broad SMARTS) is 1. The molecule has 0 saturated carbocycles. The number of ether oxygens (including phenoxy) is 2. The molecule has 9 heteroatoms. The molecule has 2 aromatic carbocycles. The molecule has 2 heterocycles. The smallest absolute Gasteiger partial charge is 0.407 e. The van der Waals surface area contributed by atoms with Gasteiger partial charge in [0, 0.05) is 38.5 Å². The Morgan fingerprint density at radius 2 is 1.63 bits per heavy atom. The van der Waals surface area contributed by atoms with Gasteiger partial charge in [-0.15, -0.1) is 0 Å². The Bertz CT molecular complexity index is 1100. The van der Waals surface area contributed by atoms with E-state index in [1.54, 1.807) is 0 Å². The van der Waals surface area contributed by atoms with Gasteiger partial charge in [0.25, 0.3) is 5.91 Å². The van der Waals surface area contributed by atoms with Gasteiger partial charge < -0.3 is 29.9 Å². The zero-order valence-corrected chi connectivity index (χ0v) is 19.2. The fraction of sp³-hybridized carbons (Fsp3) is 0.423. The number of amides is 2. The molecule has 0 radical (unpaired) electrons. The van der Waals surface area contributed by atoms with E-state index >= 15 is 0 Å². The zero-order chi connectivity index (χ0) is 24.6. The average Bonchev–Trinajstić information content (AvgIpc) is 3.45. The molecule has 2 aromatic rings. The minimum absolute atomic E-state index is 0.0503. The molecule has 9 nitrogen and oxygen atoms in total. The van der Waals surface area contributed by atoms with Crippen LogP contribution in [-0.2, 0) is 19.1 Å². The van der Waals surface area contributed by atoms with E-state index in [0.717, 1.165) is 22.3 Å². The summed E-state index contributed by atoms with van der Waals surface area (Å²) in [6, 6.07) is 15.6. The molecule has 2 fully saturated rings. The van der Waals surface area contributed by atoms with E-state index in [-0.39, 0.29) is 44.4 Å². The molecular formula is C26H28N2O7. The van der Waals surface area contributed by atoms with Gasteiger partial charge in [0.1, 0.15) is 6.61 Å². The van der Waals surface area contributed by atoms with Crippen molar-refractivity contribution < 1.29 is 34.1 Å². The first kappa shape index (κ1) is 23.3. The molecule has 35 heavy (non-hydrogen) atoms. The number of carbonyl (C=O) groups is 3. The van der Waals surface area contributed by atoms with Crippen LogP contribution in [0.15, 0.2) is 48.5 Å². The Labute approximate surface area is 202 Å². The lowest BCUT2D eigenvalue weighted by atomic mass is 9.91. The monoisotopic (exact) mass is 480 g/mol. The molecule has 5 rings (SSSR count). The SMILES string of the molecule is O=C(N[C@@H]1CCO[C@@H]1C(=O)N1CCC(O)(C(=O)O)CC1)OCC1c2ccccc2-c2ccccc21. The summed E-state index contributed by atoms with van der Waals surface area (Å²) in [7, 11) is 0. The van der Waals surface area contributed by atoms with Crippen molar-refractivity contribution in [3.05, 3.63) is 59.7 Å². The number of hydrogen-bond donors (Lipinski definition) is 3. The first-order valence-corrected chi connectivity index (χ1v) is 11.8. The number of piperidine rings is 1. The fourth-order valence-corrected chi connectivity index (χ4v) is 5.26. The van der Waals surface area contributed by atoms with Gasteiger partial charge in [-0.3, -0.25) is 4.79 Å². The minimum Gasteiger partial charge on any atom is -0.479 e. The Hall–Kier alpha value is -3.43. The van der Waals surface area contributed by atoms with Crippen LogP contribution in [0.2, 0.25) is 0 Å². The second kappa shape index (κ2) is 9.31. The summed E-state index contributed by atoms with van der Waals surface area (Å²) < 4.78 is 11.2. The number of hydrogen-bond acceptors (Lipinski definition) is 6. The van der Waals surface area contributed by atoms with Crippen molar-refractivity contribution in [2.24, 2.45) is 0 Å². The number of alkyl carbamates (subject to hydrolysis) is 1. The van der Waals surface area contributed by atoms with Crippen LogP contribution >= 0.6 is 0 Å². The Morgan fingerprint density at radius 3 is 2.23 bits per heavy atom. The number of aliphatic carboxylic acids is 1. The van der Waals surface area contributed by atoms with Crippen molar-refractivity contribution in [1.82, 2.24) is 10.2 Å². The summed E-state index contributed by atoms with van der Waals surface area (Å²) in [5, 5.41) is 22.1. The van der Waals surface area contributed by atoms with Crippen molar-refractivity contribution in [2.75, 3.05) is 26.3 Å². The number of carboxylic acids is 1. The molecule has 2 aliphatic heterocycles. The summed E-state index contributed by atoms with van der Waals surface area (Å²) in [6.45, 7) is 0.710. The maximum atomic E-state index is 13.0. The highest BCUT2D eigenvalue weighted by molar-refractivity contribution is 5.84. The number of aliphatic hydroxyl groups is 1. The molecule has 1 aliphatic carbocycles. The molecule has 2 saturated heterocycles. The summed E-state index contributed by atoms with van der Waals surface area (Å²) in [4.78, 5) is 38.4. The van der Waals surface area contributed by atoms with E-state index < -0.39 is 29.8 Å². The summed E-state index contributed by atoms with van der Waals surface area (Å²) >= 11 is 0. The van der Waals surface area contributed by atoms with Gasteiger partial charge in [0.2, 0.25) is 0 Å². The highest BCUT2D eigenvalue weighted by Gasteiger charge is 2.44. The topological polar surface area (TPSA) is 125 Å². The van der Waals surface area contributed by atoms with Gasteiger partial charge in [0.15, 0.2) is 11.7 Å². The molecule has 0 spiro atoms. The zero-order valence-electron chi connectivity index (χ0n) is 19.2. The fourth-order valence-electron chi connectivity index (χ4n) is 5.26. The molecule has 2 atom stereocenters. The molecule has 3 N–H and O–H groups in total. The van der Waals surface area contributed by atoms with Crippen molar-refractivity contribution >= 4 is 18.0 Å². The molecule has 3 aliphatic rings. The van der Waals surface area contributed by atoms with Gasteiger partial charge in [0.05, 0.1) is 6.04 Å². The van der Waals surface area contributed by atoms with Crippen molar-refractivity contribution in [1.29, 1.82) is 0 Å². The van der Waals surface area contributed by atoms with E-state index in [9.17, 15) is 24.6 Å². The molecule has 184 valence electrons. The predicted octanol–water partition coefficient (Wildman–Crippen LogP) is 2.12. The summed E-state index contributed by atoms with van der Waals surface area (Å²) in [5.41, 5.74) is 2.70. The lowest BCUT2D eigenvalue weighted by Gasteiger charge is -2.36. The molecule has 0 unspecified atom stereocenters. The normalized spacial score (nSPS) is 22.8. The van der Waals surface area contributed by atoms with Crippen molar-refractivity contribution in [2.45, 2.75) is 42.9 Å². The van der Waals surface area contributed by atoms with E-state index in [4.69, 9.17) is 9.47 Å². The average molecular weight is 481 g/mol. The third-order valence-corrected chi connectivity index (χ3v) is 7.28. The summed E-state index contributed by atoms with van der Waals surface area (Å²) in [5.74, 6) is -1.66. The Morgan fingerprint density at radius 1 is 1.03 bits per heavy atom. The van der Waals surface area contributed by atoms with Gasteiger partial charge >= 0.3 is 12.1 Å². The van der Waals surface area contributed by atoms with Gasteiger partial charge in [-0.05, 0) is 28.7 Å². The number of rotatable bonds is 5. The predicted molar refractivity (Wildman–Crippen MR) is 125 cm³/mol. The van der Waals surface area contributed by atoms with Crippen LogP contribution < -0.4 is 5.32 Å². The number of fused-ring (bicyclic) bond motifs is 3. The highest BCUT2D eigenvalue weighted by Crippen LogP contribution is 2.44. The quantitative estimate of drug-likeness (QED) is 0.599. The van der Waals surface area contributed by atoms with Gasteiger partial charge in [-0.2, -0.15) is 0 Å². The van der Waals surface area contributed by atoms with Crippen LogP contribution in [0, 0.1) is 0 Å². The number of benzene rings is 2. The van der Waals surface area contributed by atoms with Crippen LogP contribution in [-0.4, -0.2) is 77.1 Å². The van der Waals surface area contributed by atoms with Crippen LogP contribution in [0.5, 0.6) is 0 Å². The van der Waals surface area contributed by atoms with Crippen LogP contribution in [0.1, 0.15) is 36.3 Å². The summed E-state index contributed by atoms with van der Waals surface area (Å²) in [6.07, 6.45) is -1.12. The highest BCUT2D eigenvalue weighted by atomic mass is 16.6. The Balaban J connectivity index is 1.18. The van der Waals surface area contributed by atoms with Crippen LogP contribution in [0.3, 0.4) is 0 Å². The second-order valence-corrected chi connectivity index (χ2v) is 9.32. The number of likely N-dealkylation sites (tertiary alicyclic amines) is 1. The largest absolute Gasteiger partial charge is 0.479 e. The van der Waals surface area contributed by atoms with E-state index in [0.29, 0.717) is 13.0 Å². The lowest BCUT2D eigenvalue weighted by molar-refractivity contribution is -0.166. The van der Waals surface area contributed by atoms with Crippen molar-refractivity contribution in [3.8, 4) is 11.1 Å². The second-order valence-electron chi connectivity index (χ2n) is 9.32.